The Bertz CT molecular complexity index is 726. The van der Waals surface area contributed by atoms with Gasteiger partial charge in [0.2, 0.25) is 5.16 Å². The van der Waals surface area contributed by atoms with Crippen molar-refractivity contribution in [2.75, 3.05) is 11.5 Å². The van der Waals surface area contributed by atoms with Gasteiger partial charge in [-0.1, -0.05) is 23.9 Å². The lowest BCUT2D eigenvalue weighted by Gasteiger charge is -2.08. The summed E-state index contributed by atoms with van der Waals surface area (Å²) in [6.45, 7) is 6.31. The summed E-state index contributed by atoms with van der Waals surface area (Å²) in [4.78, 5) is 0.415. The highest BCUT2D eigenvalue weighted by Gasteiger charge is 2.18. The van der Waals surface area contributed by atoms with E-state index in [9.17, 15) is 8.42 Å². The second-order valence-electron chi connectivity index (χ2n) is 4.71. The fourth-order valence-corrected chi connectivity index (χ4v) is 4.84. The summed E-state index contributed by atoms with van der Waals surface area (Å²) in [6.07, 6.45) is 0. The summed E-state index contributed by atoms with van der Waals surface area (Å²) in [5.74, 6) is 0.495. The molecular formula is C13H18N4O2S2. The van der Waals surface area contributed by atoms with Gasteiger partial charge >= 0.3 is 0 Å². The van der Waals surface area contributed by atoms with Crippen LogP contribution in [0.3, 0.4) is 0 Å². The van der Waals surface area contributed by atoms with Gasteiger partial charge < -0.3 is 0 Å². The minimum Gasteiger partial charge on any atom is -0.224 e. The van der Waals surface area contributed by atoms with Crippen molar-refractivity contribution < 1.29 is 8.42 Å². The predicted molar refractivity (Wildman–Crippen MR) is 82.2 cm³/mol. The first-order valence-electron chi connectivity index (χ1n) is 6.63. The highest BCUT2D eigenvalue weighted by atomic mass is 32.2. The number of aromatic nitrogens is 4. The first-order chi connectivity index (χ1) is 9.94. The van der Waals surface area contributed by atoms with Crippen molar-refractivity contribution in [1.82, 2.24) is 20.2 Å². The minimum absolute atomic E-state index is 0.0680. The van der Waals surface area contributed by atoms with E-state index in [0.29, 0.717) is 22.3 Å². The molecule has 0 amide bonds. The molecule has 21 heavy (non-hydrogen) atoms. The third kappa shape index (κ3) is 3.82. The van der Waals surface area contributed by atoms with E-state index in [2.05, 4.69) is 15.5 Å². The summed E-state index contributed by atoms with van der Waals surface area (Å²) in [6, 6.07) is 5.48. The van der Waals surface area contributed by atoms with Gasteiger partial charge in [0.05, 0.1) is 10.6 Å². The van der Waals surface area contributed by atoms with E-state index in [4.69, 9.17) is 0 Å². The number of tetrazole rings is 1. The fourth-order valence-electron chi connectivity index (χ4n) is 1.89. The molecular weight excluding hydrogens is 308 g/mol. The molecule has 0 aliphatic heterocycles. The molecule has 0 aliphatic carbocycles. The molecule has 1 aromatic carbocycles. The van der Waals surface area contributed by atoms with Gasteiger partial charge in [-0.15, -0.1) is 5.10 Å². The van der Waals surface area contributed by atoms with Crippen LogP contribution in [-0.4, -0.2) is 40.1 Å². The Morgan fingerprint density at radius 1 is 1.29 bits per heavy atom. The van der Waals surface area contributed by atoms with Crippen LogP contribution in [0.15, 0.2) is 28.3 Å². The summed E-state index contributed by atoms with van der Waals surface area (Å²) in [7, 11) is -3.28. The van der Waals surface area contributed by atoms with Crippen molar-refractivity contribution in [3.05, 3.63) is 29.3 Å². The van der Waals surface area contributed by atoms with Gasteiger partial charge in [-0.3, -0.25) is 0 Å². The van der Waals surface area contributed by atoms with E-state index in [-0.39, 0.29) is 5.75 Å². The lowest BCUT2D eigenvalue weighted by atomic mass is 10.2. The molecule has 0 bridgehead atoms. The molecule has 0 unspecified atom stereocenters. The van der Waals surface area contributed by atoms with Gasteiger partial charge in [0.25, 0.3) is 0 Å². The van der Waals surface area contributed by atoms with Crippen LogP contribution in [0.1, 0.15) is 18.1 Å². The summed E-state index contributed by atoms with van der Waals surface area (Å²) in [5, 5.41) is 11.9. The monoisotopic (exact) mass is 326 g/mol. The zero-order valence-electron chi connectivity index (χ0n) is 12.3. The highest BCUT2D eigenvalue weighted by Crippen LogP contribution is 2.21. The Morgan fingerprint density at radius 2 is 2.05 bits per heavy atom. The van der Waals surface area contributed by atoms with E-state index in [1.807, 2.05) is 32.9 Å². The summed E-state index contributed by atoms with van der Waals surface area (Å²) < 4.78 is 26.5. The second-order valence-corrected chi connectivity index (χ2v) is 7.85. The zero-order valence-corrected chi connectivity index (χ0v) is 13.9. The van der Waals surface area contributed by atoms with Crippen LogP contribution in [0.25, 0.3) is 0 Å². The fraction of sp³-hybridized carbons (Fsp3) is 0.462. The smallest absolute Gasteiger partial charge is 0.209 e. The van der Waals surface area contributed by atoms with Gasteiger partial charge in [0.15, 0.2) is 9.84 Å². The average Bonchev–Trinajstić information content (AvgIpc) is 2.88. The molecule has 1 aromatic heterocycles. The molecule has 1 heterocycles. The normalized spacial score (nSPS) is 11.8. The minimum atomic E-state index is -3.28. The predicted octanol–water partition coefficient (Wildman–Crippen LogP) is 1.88. The molecule has 0 N–H and O–H groups in total. The number of rotatable bonds is 6. The van der Waals surface area contributed by atoms with Crippen LogP contribution < -0.4 is 0 Å². The van der Waals surface area contributed by atoms with E-state index in [1.165, 1.54) is 11.8 Å². The summed E-state index contributed by atoms with van der Waals surface area (Å²) >= 11 is 1.36. The van der Waals surface area contributed by atoms with Crippen LogP contribution in [-0.2, 0) is 16.4 Å². The molecule has 8 heteroatoms. The summed E-state index contributed by atoms with van der Waals surface area (Å²) in [5.41, 5.74) is 1.73. The standard InChI is InChI=1S/C13H18N4O2S2/c1-4-17-13(14-15-16-17)20-7-8-21(18,19)12-9-10(2)5-6-11(12)3/h5-6,9H,4,7-8H2,1-3H3. The van der Waals surface area contributed by atoms with Crippen molar-refractivity contribution in [2.24, 2.45) is 0 Å². The van der Waals surface area contributed by atoms with Gasteiger partial charge in [-0.05, 0) is 48.4 Å². The Hall–Kier alpha value is -1.41. The molecule has 114 valence electrons. The lowest BCUT2D eigenvalue weighted by molar-refractivity contribution is 0.581. The Morgan fingerprint density at radius 3 is 2.76 bits per heavy atom. The second kappa shape index (κ2) is 6.57. The van der Waals surface area contributed by atoms with Crippen molar-refractivity contribution in [2.45, 2.75) is 37.4 Å². The van der Waals surface area contributed by atoms with E-state index in [0.717, 1.165) is 11.1 Å². The largest absolute Gasteiger partial charge is 0.224 e. The maximum atomic E-state index is 12.4. The molecule has 6 nitrogen and oxygen atoms in total. The van der Waals surface area contributed by atoms with Crippen molar-refractivity contribution in [3.8, 4) is 0 Å². The van der Waals surface area contributed by atoms with Crippen LogP contribution in [0, 0.1) is 13.8 Å². The van der Waals surface area contributed by atoms with Crippen LogP contribution >= 0.6 is 11.8 Å². The SMILES string of the molecule is CCn1nnnc1SCCS(=O)(=O)c1cc(C)ccc1C. The molecule has 0 radical (unpaired) electrons. The van der Waals surface area contributed by atoms with Crippen molar-refractivity contribution in [1.29, 1.82) is 0 Å². The molecule has 2 aromatic rings. The Balaban J connectivity index is 2.06. The highest BCUT2D eigenvalue weighted by molar-refractivity contribution is 8.00. The van der Waals surface area contributed by atoms with Gasteiger partial charge in [0, 0.05) is 12.3 Å². The van der Waals surface area contributed by atoms with Gasteiger partial charge in [-0.2, -0.15) is 0 Å². The number of sulfone groups is 1. The molecule has 0 saturated carbocycles. The molecule has 2 rings (SSSR count). The lowest BCUT2D eigenvalue weighted by Crippen LogP contribution is -2.11. The number of benzene rings is 1. The topological polar surface area (TPSA) is 77.7 Å². The van der Waals surface area contributed by atoms with Crippen molar-refractivity contribution >= 4 is 21.6 Å². The third-order valence-corrected chi connectivity index (χ3v) is 6.13. The zero-order chi connectivity index (χ0) is 15.5. The third-order valence-electron chi connectivity index (χ3n) is 3.06. The Labute approximate surface area is 128 Å². The van der Waals surface area contributed by atoms with Gasteiger partial charge in [-0.25, -0.2) is 13.1 Å². The maximum Gasteiger partial charge on any atom is 0.209 e. The van der Waals surface area contributed by atoms with E-state index in [1.54, 1.807) is 10.7 Å². The molecule has 0 atom stereocenters. The van der Waals surface area contributed by atoms with Crippen LogP contribution in [0.4, 0.5) is 0 Å². The number of hydrogen-bond acceptors (Lipinski definition) is 6. The first kappa shape index (κ1) is 16.0. The molecule has 0 saturated heterocycles. The Kier molecular flexibility index (Phi) is 5.00. The van der Waals surface area contributed by atoms with E-state index < -0.39 is 9.84 Å². The van der Waals surface area contributed by atoms with Crippen LogP contribution in [0.5, 0.6) is 0 Å². The van der Waals surface area contributed by atoms with Crippen LogP contribution in [0.2, 0.25) is 0 Å². The number of aryl methyl sites for hydroxylation is 3. The number of thioether (sulfide) groups is 1. The van der Waals surface area contributed by atoms with Gasteiger partial charge in [0.1, 0.15) is 0 Å². The molecule has 0 fully saturated rings. The number of hydrogen-bond donors (Lipinski definition) is 0. The number of nitrogens with zero attached hydrogens (tertiary/aromatic N) is 4. The molecule has 0 spiro atoms. The first-order valence-corrected chi connectivity index (χ1v) is 9.27. The van der Waals surface area contributed by atoms with E-state index >= 15 is 0 Å². The maximum absolute atomic E-state index is 12.4. The quantitative estimate of drug-likeness (QED) is 0.754. The average molecular weight is 326 g/mol. The molecule has 0 aliphatic rings. The van der Waals surface area contributed by atoms with Crippen molar-refractivity contribution in [3.63, 3.8) is 0 Å².